The third kappa shape index (κ3) is 4.71. The lowest BCUT2D eigenvalue weighted by atomic mass is 9.93. The molecule has 1 aromatic carbocycles. The van der Waals surface area contributed by atoms with Crippen molar-refractivity contribution in [3.63, 3.8) is 0 Å². The molecule has 1 unspecified atom stereocenters. The van der Waals surface area contributed by atoms with Crippen LogP contribution in [0, 0.1) is 5.92 Å². The Balaban J connectivity index is 1.68. The Morgan fingerprint density at radius 3 is 2.75 bits per heavy atom. The van der Waals surface area contributed by atoms with Crippen molar-refractivity contribution in [1.29, 1.82) is 0 Å². The second kappa shape index (κ2) is 8.91. The van der Waals surface area contributed by atoms with Crippen molar-refractivity contribution < 1.29 is 14.3 Å². The Bertz CT molecular complexity index is 813. The second-order valence-electron chi connectivity index (χ2n) is 7.66. The van der Waals surface area contributed by atoms with Crippen molar-refractivity contribution in [2.24, 2.45) is 5.92 Å². The van der Waals surface area contributed by atoms with Crippen LogP contribution in [0.4, 0.5) is 5.69 Å². The monoisotopic (exact) mass is 384 g/mol. The number of aromatic amines is 1. The average molecular weight is 384 g/mol. The molecule has 7 nitrogen and oxygen atoms in total. The number of hydrogen-bond acceptors (Lipinski definition) is 4. The number of carbonyl (C=O) groups is 2. The average Bonchev–Trinajstić information content (AvgIpc) is 3.15. The summed E-state index contributed by atoms with van der Waals surface area (Å²) in [6.07, 6.45) is 4.10. The molecule has 1 saturated heterocycles. The molecule has 2 aromatic rings. The maximum Gasteiger partial charge on any atom is 0.255 e. The fourth-order valence-corrected chi connectivity index (χ4v) is 3.56. The molecule has 1 fully saturated rings. The van der Waals surface area contributed by atoms with Crippen LogP contribution in [0.3, 0.4) is 0 Å². The zero-order valence-electron chi connectivity index (χ0n) is 16.7. The summed E-state index contributed by atoms with van der Waals surface area (Å²) in [5.41, 5.74) is 2.10. The molecule has 1 aliphatic rings. The number of ether oxygens (including phenoxy) is 1. The number of likely N-dealkylation sites (tertiary alicyclic amines) is 1. The van der Waals surface area contributed by atoms with E-state index >= 15 is 0 Å². The molecule has 2 N–H and O–H groups in total. The summed E-state index contributed by atoms with van der Waals surface area (Å²) in [5.74, 6) is 1.18. The Kier molecular flexibility index (Phi) is 6.34. The van der Waals surface area contributed by atoms with Gasteiger partial charge >= 0.3 is 0 Å². The predicted octanol–water partition coefficient (Wildman–Crippen LogP) is 3.42. The van der Waals surface area contributed by atoms with E-state index < -0.39 is 0 Å². The minimum Gasteiger partial charge on any atom is -0.497 e. The van der Waals surface area contributed by atoms with Gasteiger partial charge in [0.1, 0.15) is 5.75 Å². The van der Waals surface area contributed by atoms with E-state index in [1.54, 1.807) is 37.6 Å². The number of H-pyrrole nitrogens is 1. The smallest absolute Gasteiger partial charge is 0.255 e. The maximum absolute atomic E-state index is 12.6. The molecule has 1 atom stereocenters. The minimum atomic E-state index is -0.200. The van der Waals surface area contributed by atoms with Crippen molar-refractivity contribution in [3.8, 4) is 5.75 Å². The normalized spacial score (nSPS) is 16.9. The molecule has 7 heteroatoms. The van der Waals surface area contributed by atoms with Crippen molar-refractivity contribution >= 4 is 17.5 Å². The van der Waals surface area contributed by atoms with Crippen LogP contribution < -0.4 is 10.1 Å². The number of nitrogens with zero attached hydrogens (tertiary/aromatic N) is 2. The highest BCUT2D eigenvalue weighted by molar-refractivity contribution is 6.04. The lowest BCUT2D eigenvalue weighted by molar-refractivity contribution is -0.133. The summed E-state index contributed by atoms with van der Waals surface area (Å²) in [6.45, 7) is 5.56. The van der Waals surface area contributed by atoms with Crippen molar-refractivity contribution in [2.75, 3.05) is 25.5 Å². The zero-order chi connectivity index (χ0) is 20.1. The van der Waals surface area contributed by atoms with Crippen molar-refractivity contribution in [3.05, 3.63) is 41.7 Å². The van der Waals surface area contributed by atoms with Gasteiger partial charge in [-0.1, -0.05) is 13.8 Å². The number of piperidine rings is 1. The van der Waals surface area contributed by atoms with Gasteiger partial charge in [0.15, 0.2) is 0 Å². The summed E-state index contributed by atoms with van der Waals surface area (Å²) in [7, 11) is 1.59. The van der Waals surface area contributed by atoms with E-state index in [1.807, 2.05) is 4.90 Å². The minimum absolute atomic E-state index is 0.138. The number of aromatic nitrogens is 2. The summed E-state index contributed by atoms with van der Waals surface area (Å²) in [5, 5.41) is 10.1. The van der Waals surface area contributed by atoms with Crippen LogP contribution in [0.1, 0.15) is 55.1 Å². The van der Waals surface area contributed by atoms with Crippen LogP contribution in [0.25, 0.3) is 0 Å². The Morgan fingerprint density at radius 2 is 2.07 bits per heavy atom. The van der Waals surface area contributed by atoms with Gasteiger partial charge in [0.2, 0.25) is 5.91 Å². The molecule has 0 bridgehead atoms. The predicted molar refractivity (Wildman–Crippen MR) is 108 cm³/mol. The van der Waals surface area contributed by atoms with Crippen molar-refractivity contribution in [2.45, 2.75) is 39.0 Å². The van der Waals surface area contributed by atoms with E-state index in [4.69, 9.17) is 4.74 Å². The molecular weight excluding hydrogens is 356 g/mol. The highest BCUT2D eigenvalue weighted by atomic mass is 16.5. The van der Waals surface area contributed by atoms with Gasteiger partial charge in [0.05, 0.1) is 24.7 Å². The molecule has 28 heavy (non-hydrogen) atoms. The van der Waals surface area contributed by atoms with Gasteiger partial charge in [-0.2, -0.15) is 5.10 Å². The quantitative estimate of drug-likeness (QED) is 0.799. The number of anilines is 1. The topological polar surface area (TPSA) is 87.3 Å². The summed E-state index contributed by atoms with van der Waals surface area (Å²) < 4.78 is 5.13. The fourth-order valence-electron chi connectivity index (χ4n) is 3.56. The maximum atomic E-state index is 12.6. The van der Waals surface area contributed by atoms with Gasteiger partial charge in [-0.3, -0.25) is 14.7 Å². The van der Waals surface area contributed by atoms with E-state index in [0.717, 1.165) is 25.1 Å². The molecular formula is C21H28N4O3. The molecule has 1 aromatic heterocycles. The lowest BCUT2D eigenvalue weighted by Gasteiger charge is -2.33. The molecule has 150 valence electrons. The van der Waals surface area contributed by atoms with E-state index in [9.17, 15) is 9.59 Å². The largest absolute Gasteiger partial charge is 0.497 e. The van der Waals surface area contributed by atoms with Crippen LogP contribution in [-0.4, -0.2) is 47.1 Å². The molecule has 2 heterocycles. The molecule has 0 radical (unpaired) electrons. The van der Waals surface area contributed by atoms with Gasteiger partial charge in [0.25, 0.3) is 5.91 Å². The molecule has 0 aliphatic carbocycles. The van der Waals surface area contributed by atoms with Gasteiger partial charge in [-0.15, -0.1) is 0 Å². The number of nitrogens with one attached hydrogen (secondary N) is 2. The van der Waals surface area contributed by atoms with E-state index in [-0.39, 0.29) is 17.7 Å². The number of rotatable bonds is 6. The summed E-state index contributed by atoms with van der Waals surface area (Å²) >= 11 is 0. The summed E-state index contributed by atoms with van der Waals surface area (Å²) in [6, 6.07) is 6.96. The fraction of sp³-hybridized carbons (Fsp3) is 0.476. The molecule has 2 amide bonds. The number of amides is 2. The van der Waals surface area contributed by atoms with Gasteiger partial charge in [0, 0.05) is 31.0 Å². The van der Waals surface area contributed by atoms with Crippen LogP contribution in [-0.2, 0) is 4.79 Å². The molecule has 3 rings (SSSR count). The van der Waals surface area contributed by atoms with Crippen LogP contribution in [0.5, 0.6) is 5.75 Å². The van der Waals surface area contributed by atoms with E-state index in [0.29, 0.717) is 35.9 Å². The Morgan fingerprint density at radius 1 is 1.32 bits per heavy atom. The van der Waals surface area contributed by atoms with Crippen molar-refractivity contribution in [1.82, 2.24) is 15.1 Å². The van der Waals surface area contributed by atoms with E-state index in [2.05, 4.69) is 29.4 Å². The number of hydrogen-bond donors (Lipinski definition) is 2. The zero-order valence-corrected chi connectivity index (χ0v) is 16.7. The Hall–Kier alpha value is -2.83. The van der Waals surface area contributed by atoms with Gasteiger partial charge in [-0.05, 0) is 43.0 Å². The third-order valence-electron chi connectivity index (χ3n) is 5.03. The molecule has 1 aliphatic heterocycles. The summed E-state index contributed by atoms with van der Waals surface area (Å²) in [4.78, 5) is 27.0. The first-order chi connectivity index (χ1) is 13.5. The second-order valence-corrected chi connectivity index (χ2v) is 7.66. The van der Waals surface area contributed by atoms with Crippen LogP contribution >= 0.6 is 0 Å². The van der Waals surface area contributed by atoms with E-state index in [1.165, 1.54) is 0 Å². The SMILES string of the molecule is COc1ccc(C(=O)Nc2cn[nH]c2C2CCCN(C(=O)CC(C)C)C2)cc1. The van der Waals surface area contributed by atoms with Crippen LogP contribution in [0.15, 0.2) is 30.5 Å². The van der Waals surface area contributed by atoms with Gasteiger partial charge < -0.3 is 15.0 Å². The first kappa shape index (κ1) is 19.9. The highest BCUT2D eigenvalue weighted by Crippen LogP contribution is 2.31. The molecule has 0 saturated carbocycles. The van der Waals surface area contributed by atoms with Gasteiger partial charge in [-0.25, -0.2) is 0 Å². The number of methoxy groups -OCH3 is 1. The highest BCUT2D eigenvalue weighted by Gasteiger charge is 2.28. The number of benzene rings is 1. The van der Waals surface area contributed by atoms with Crippen LogP contribution in [0.2, 0.25) is 0 Å². The third-order valence-corrected chi connectivity index (χ3v) is 5.03. The standard InChI is InChI=1S/C21H28N4O3/c1-14(2)11-19(26)25-10-4-5-16(13-25)20-18(12-22-24-20)23-21(27)15-6-8-17(28-3)9-7-15/h6-9,12,14,16H,4-5,10-11,13H2,1-3H3,(H,22,24)(H,23,27). The first-order valence-electron chi connectivity index (χ1n) is 9.74. The molecule has 0 spiro atoms. The lowest BCUT2D eigenvalue weighted by Crippen LogP contribution is -2.39. The first-order valence-corrected chi connectivity index (χ1v) is 9.74. The number of carbonyl (C=O) groups excluding carboxylic acids is 2. The Labute approximate surface area is 165 Å².